The first-order chi connectivity index (χ1) is 6.77. The molecule has 0 heterocycles. The highest BCUT2D eigenvalue weighted by molar-refractivity contribution is 6.32. The lowest BCUT2D eigenvalue weighted by Gasteiger charge is -2.15. The Balaban J connectivity index is 4.70. The van der Waals surface area contributed by atoms with Crippen LogP contribution in [0.5, 0.6) is 0 Å². The van der Waals surface area contributed by atoms with Gasteiger partial charge in [-0.3, -0.25) is 4.79 Å². The smallest absolute Gasteiger partial charge is 0.375 e. The van der Waals surface area contributed by atoms with Gasteiger partial charge in [-0.25, -0.2) is 14.4 Å². The van der Waals surface area contributed by atoms with Crippen molar-refractivity contribution in [2.45, 2.75) is 19.1 Å². The standard InChI is InChI=1S/C7H8O8/c1-2(8)7(14)15-4(6(12)13)3(9)5(10)11/h3-4,9H,1H3,(H,10,11)(H,12,13). The van der Waals surface area contributed by atoms with Crippen LogP contribution in [0.1, 0.15) is 6.92 Å². The van der Waals surface area contributed by atoms with Crippen LogP contribution >= 0.6 is 0 Å². The van der Waals surface area contributed by atoms with Crippen molar-refractivity contribution in [3.8, 4) is 0 Å². The summed E-state index contributed by atoms with van der Waals surface area (Å²) >= 11 is 0. The molecule has 8 nitrogen and oxygen atoms in total. The zero-order chi connectivity index (χ0) is 12.2. The number of carbonyl (C=O) groups excluding carboxylic acids is 2. The van der Waals surface area contributed by atoms with Crippen molar-refractivity contribution in [2.75, 3.05) is 0 Å². The summed E-state index contributed by atoms with van der Waals surface area (Å²) in [6.07, 6.45) is -4.73. The molecule has 2 atom stereocenters. The lowest BCUT2D eigenvalue weighted by atomic mass is 10.2. The van der Waals surface area contributed by atoms with Crippen LogP contribution in [-0.4, -0.2) is 51.2 Å². The molecule has 0 aliphatic rings. The summed E-state index contributed by atoms with van der Waals surface area (Å²) in [6, 6.07) is 0. The second kappa shape index (κ2) is 5.05. The SMILES string of the molecule is CC(=O)C(=O)OC(C(=O)O)C(O)C(=O)O. The molecule has 15 heavy (non-hydrogen) atoms. The van der Waals surface area contributed by atoms with Gasteiger partial charge in [-0.2, -0.15) is 0 Å². The molecule has 0 fully saturated rings. The number of carboxylic acids is 2. The van der Waals surface area contributed by atoms with Gasteiger partial charge < -0.3 is 20.1 Å². The van der Waals surface area contributed by atoms with Gasteiger partial charge in [0, 0.05) is 6.92 Å². The van der Waals surface area contributed by atoms with Gasteiger partial charge in [-0.1, -0.05) is 0 Å². The van der Waals surface area contributed by atoms with Crippen molar-refractivity contribution >= 4 is 23.7 Å². The molecule has 0 spiro atoms. The number of Topliss-reactive ketones (excluding diaryl/α,β-unsaturated/α-hetero) is 1. The van der Waals surface area contributed by atoms with E-state index in [9.17, 15) is 19.2 Å². The maximum Gasteiger partial charge on any atom is 0.375 e. The Morgan fingerprint density at radius 1 is 1.07 bits per heavy atom. The molecule has 84 valence electrons. The highest BCUT2D eigenvalue weighted by Gasteiger charge is 2.36. The Morgan fingerprint density at radius 2 is 1.53 bits per heavy atom. The first-order valence-electron chi connectivity index (χ1n) is 3.62. The summed E-state index contributed by atoms with van der Waals surface area (Å²) in [5, 5.41) is 25.5. The minimum Gasteiger partial charge on any atom is -0.479 e. The summed E-state index contributed by atoms with van der Waals surface area (Å²) in [5.74, 6) is -6.36. The number of rotatable bonds is 5. The molecule has 0 radical (unpaired) electrons. The van der Waals surface area contributed by atoms with Crippen molar-refractivity contribution in [2.24, 2.45) is 0 Å². The summed E-state index contributed by atoms with van der Waals surface area (Å²) in [4.78, 5) is 41.6. The van der Waals surface area contributed by atoms with Crippen LogP contribution in [0.3, 0.4) is 0 Å². The van der Waals surface area contributed by atoms with E-state index in [2.05, 4.69) is 4.74 Å². The molecule has 0 amide bonds. The van der Waals surface area contributed by atoms with E-state index < -0.39 is 35.9 Å². The third kappa shape index (κ3) is 3.73. The fourth-order valence-electron chi connectivity index (χ4n) is 0.578. The molecule has 0 bridgehead atoms. The monoisotopic (exact) mass is 220 g/mol. The van der Waals surface area contributed by atoms with Gasteiger partial charge in [-0.15, -0.1) is 0 Å². The summed E-state index contributed by atoms with van der Waals surface area (Å²) < 4.78 is 3.98. The summed E-state index contributed by atoms with van der Waals surface area (Å²) in [6.45, 7) is 0.814. The third-order valence-corrected chi connectivity index (χ3v) is 1.30. The second-order valence-corrected chi connectivity index (χ2v) is 2.50. The van der Waals surface area contributed by atoms with Crippen LogP contribution in [0.15, 0.2) is 0 Å². The predicted molar refractivity (Wildman–Crippen MR) is 41.8 cm³/mol. The number of carbonyl (C=O) groups is 4. The van der Waals surface area contributed by atoms with Crippen molar-refractivity contribution in [1.29, 1.82) is 0 Å². The predicted octanol–water partition coefficient (Wildman–Crippen LogP) is -1.98. The molecule has 0 saturated heterocycles. The van der Waals surface area contributed by atoms with Crippen molar-refractivity contribution in [3.05, 3.63) is 0 Å². The molecule has 8 heteroatoms. The van der Waals surface area contributed by atoms with Gasteiger partial charge in [-0.05, 0) is 0 Å². The topological polar surface area (TPSA) is 138 Å². The van der Waals surface area contributed by atoms with E-state index in [1.807, 2.05) is 0 Å². The van der Waals surface area contributed by atoms with Gasteiger partial charge >= 0.3 is 17.9 Å². The first-order valence-corrected chi connectivity index (χ1v) is 3.62. The van der Waals surface area contributed by atoms with Crippen LogP contribution in [0.2, 0.25) is 0 Å². The minimum atomic E-state index is -2.43. The van der Waals surface area contributed by atoms with Crippen LogP contribution in [0.4, 0.5) is 0 Å². The Bertz CT molecular complexity index is 306. The van der Waals surface area contributed by atoms with Crippen LogP contribution in [-0.2, 0) is 23.9 Å². The lowest BCUT2D eigenvalue weighted by molar-refractivity contribution is -0.179. The van der Waals surface area contributed by atoms with E-state index in [-0.39, 0.29) is 0 Å². The number of aliphatic hydroxyl groups excluding tert-OH is 1. The van der Waals surface area contributed by atoms with E-state index in [1.165, 1.54) is 0 Å². The van der Waals surface area contributed by atoms with E-state index in [4.69, 9.17) is 15.3 Å². The zero-order valence-electron chi connectivity index (χ0n) is 7.54. The molecular formula is C7H8O8. The highest BCUT2D eigenvalue weighted by Crippen LogP contribution is 2.02. The van der Waals surface area contributed by atoms with Gasteiger partial charge in [0.15, 0.2) is 6.10 Å². The van der Waals surface area contributed by atoms with Gasteiger partial charge in [0.2, 0.25) is 11.9 Å². The van der Waals surface area contributed by atoms with Crippen molar-refractivity contribution < 1.29 is 39.2 Å². The molecular weight excluding hydrogens is 212 g/mol. The third-order valence-electron chi connectivity index (χ3n) is 1.30. The number of esters is 1. The number of hydrogen-bond donors (Lipinski definition) is 3. The molecule has 0 rings (SSSR count). The molecule has 0 aromatic rings. The quantitative estimate of drug-likeness (QED) is 0.357. The largest absolute Gasteiger partial charge is 0.479 e. The number of aliphatic carboxylic acids is 2. The Kier molecular flexibility index (Phi) is 4.39. The number of carboxylic acid groups (broad SMARTS) is 2. The molecule has 0 saturated carbocycles. The van der Waals surface area contributed by atoms with Gasteiger partial charge in [0.1, 0.15) is 0 Å². The fourth-order valence-corrected chi connectivity index (χ4v) is 0.578. The van der Waals surface area contributed by atoms with Gasteiger partial charge in [0.05, 0.1) is 0 Å². The normalized spacial score (nSPS) is 13.7. The zero-order valence-corrected chi connectivity index (χ0v) is 7.54. The average molecular weight is 220 g/mol. The number of aliphatic hydroxyl groups is 1. The molecule has 0 aromatic carbocycles. The Labute approximate surface area is 83.1 Å². The van der Waals surface area contributed by atoms with Crippen LogP contribution in [0, 0.1) is 0 Å². The van der Waals surface area contributed by atoms with E-state index >= 15 is 0 Å². The molecule has 3 N–H and O–H groups in total. The maximum absolute atomic E-state index is 10.6. The first kappa shape index (κ1) is 13.0. The van der Waals surface area contributed by atoms with Crippen molar-refractivity contribution in [3.63, 3.8) is 0 Å². The fraction of sp³-hybridized carbons (Fsp3) is 0.429. The second-order valence-electron chi connectivity index (χ2n) is 2.50. The maximum atomic E-state index is 10.6. The highest BCUT2D eigenvalue weighted by atomic mass is 16.6. The number of hydrogen-bond acceptors (Lipinski definition) is 6. The summed E-state index contributed by atoms with van der Waals surface area (Å²) in [7, 11) is 0. The summed E-state index contributed by atoms with van der Waals surface area (Å²) in [5.41, 5.74) is 0. The minimum absolute atomic E-state index is 0.814. The molecule has 2 unspecified atom stereocenters. The van der Waals surface area contributed by atoms with Gasteiger partial charge in [0.25, 0.3) is 0 Å². The van der Waals surface area contributed by atoms with E-state index in [0.29, 0.717) is 0 Å². The molecule has 0 aromatic heterocycles. The average Bonchev–Trinajstić information content (AvgIpc) is 2.11. The van der Waals surface area contributed by atoms with E-state index in [0.717, 1.165) is 6.92 Å². The van der Waals surface area contributed by atoms with Crippen molar-refractivity contribution in [1.82, 2.24) is 0 Å². The van der Waals surface area contributed by atoms with E-state index in [1.54, 1.807) is 0 Å². The molecule has 0 aliphatic heterocycles. The number of ketones is 1. The lowest BCUT2D eigenvalue weighted by Crippen LogP contribution is -2.43. The Hall–Kier alpha value is -1.96. The molecule has 0 aliphatic carbocycles. The number of ether oxygens (including phenoxy) is 1. The Morgan fingerprint density at radius 3 is 1.80 bits per heavy atom. The van der Waals surface area contributed by atoms with Crippen LogP contribution in [0.25, 0.3) is 0 Å². The van der Waals surface area contributed by atoms with Crippen LogP contribution < -0.4 is 0 Å².